The van der Waals surface area contributed by atoms with Gasteiger partial charge in [0, 0.05) is 18.6 Å². The topological polar surface area (TPSA) is 78.6 Å². The van der Waals surface area contributed by atoms with Gasteiger partial charge in [0.05, 0.1) is 11.1 Å². The number of hydrogen-bond acceptors (Lipinski definition) is 5. The summed E-state index contributed by atoms with van der Waals surface area (Å²) in [6.45, 7) is 10.9. The fourth-order valence-corrected chi connectivity index (χ4v) is 4.48. The zero-order valence-corrected chi connectivity index (χ0v) is 19.6. The molecule has 2 unspecified atom stereocenters. The number of aromatic hydroxyl groups is 1. The Morgan fingerprint density at radius 3 is 2.56 bits per heavy atom. The van der Waals surface area contributed by atoms with Crippen LogP contribution in [0.4, 0.5) is 0 Å². The summed E-state index contributed by atoms with van der Waals surface area (Å²) in [7, 11) is 2.12. The van der Waals surface area contributed by atoms with Crippen LogP contribution in [0.5, 0.6) is 5.75 Å². The summed E-state index contributed by atoms with van der Waals surface area (Å²) in [6, 6.07) is 12.3. The third kappa shape index (κ3) is 3.58. The third-order valence-corrected chi connectivity index (χ3v) is 6.67. The number of phenolic OH excluding ortho intramolecular Hbond substituents is 1. The van der Waals surface area contributed by atoms with Crippen molar-refractivity contribution in [3.05, 3.63) is 58.8 Å². The molecule has 2 aromatic carbocycles. The highest BCUT2D eigenvalue weighted by atomic mass is 16.5. The summed E-state index contributed by atoms with van der Waals surface area (Å²) in [5.41, 5.74) is 5.79. The van der Waals surface area contributed by atoms with Gasteiger partial charge in [-0.05, 0) is 74.2 Å². The fraction of sp³-hybridized carbons (Fsp3) is 0.385. The van der Waals surface area contributed by atoms with Gasteiger partial charge in [-0.3, -0.25) is 9.69 Å². The molecule has 168 valence electrons. The Labute approximate surface area is 189 Å². The second-order valence-corrected chi connectivity index (χ2v) is 8.89. The van der Waals surface area contributed by atoms with Gasteiger partial charge in [-0.1, -0.05) is 37.2 Å². The first kappa shape index (κ1) is 22.1. The monoisotopic (exact) mass is 433 g/mol. The summed E-state index contributed by atoms with van der Waals surface area (Å²) in [5.74, 6) is 0.480. The van der Waals surface area contributed by atoms with Crippen LogP contribution in [-0.4, -0.2) is 34.7 Å². The van der Waals surface area contributed by atoms with Gasteiger partial charge in [0.2, 0.25) is 0 Å². The molecule has 3 aromatic rings. The molecule has 1 aliphatic heterocycles. The van der Waals surface area contributed by atoms with Crippen LogP contribution in [0, 0.1) is 0 Å². The molecule has 6 heteroatoms. The molecule has 1 amide bonds. The van der Waals surface area contributed by atoms with Crippen molar-refractivity contribution >= 4 is 5.91 Å². The van der Waals surface area contributed by atoms with Crippen LogP contribution in [0.15, 0.2) is 40.9 Å². The summed E-state index contributed by atoms with van der Waals surface area (Å²) < 4.78 is 5.73. The van der Waals surface area contributed by atoms with Crippen molar-refractivity contribution in [2.45, 2.75) is 52.6 Å². The molecule has 1 aromatic heterocycles. The van der Waals surface area contributed by atoms with E-state index in [2.05, 4.69) is 62.2 Å². The minimum absolute atomic E-state index is 0.0946. The Morgan fingerprint density at radius 1 is 1.16 bits per heavy atom. The lowest BCUT2D eigenvalue weighted by Gasteiger charge is -2.20. The number of phenols is 1. The first-order valence-corrected chi connectivity index (χ1v) is 11.2. The first-order chi connectivity index (χ1) is 15.2. The maximum absolute atomic E-state index is 12.8. The van der Waals surface area contributed by atoms with Gasteiger partial charge in [0.1, 0.15) is 5.75 Å². The Hall–Kier alpha value is -3.12. The predicted molar refractivity (Wildman–Crippen MR) is 126 cm³/mol. The highest BCUT2D eigenvalue weighted by molar-refractivity contribution is 6.02. The quantitative estimate of drug-likeness (QED) is 0.543. The zero-order valence-electron chi connectivity index (χ0n) is 19.6. The Balaban J connectivity index is 1.94. The molecule has 0 radical (unpaired) electrons. The summed E-state index contributed by atoms with van der Waals surface area (Å²) in [5, 5.41) is 17.6. The Morgan fingerprint density at radius 2 is 1.88 bits per heavy atom. The van der Waals surface area contributed by atoms with Gasteiger partial charge in [-0.2, -0.15) is 0 Å². The molecule has 6 nitrogen and oxygen atoms in total. The van der Waals surface area contributed by atoms with Gasteiger partial charge in [0.25, 0.3) is 5.91 Å². The van der Waals surface area contributed by atoms with E-state index >= 15 is 0 Å². The van der Waals surface area contributed by atoms with Crippen LogP contribution >= 0.6 is 0 Å². The van der Waals surface area contributed by atoms with E-state index in [1.54, 1.807) is 6.07 Å². The molecule has 0 fully saturated rings. The molecule has 32 heavy (non-hydrogen) atoms. The SMILES string of the molecule is CCNC(=O)c1noc(-c2cc(C(C)C)ccc2O)c1-c1ccc2c(c1)C(C)N(C)C2C. The number of nitrogens with zero attached hydrogens (tertiary/aromatic N) is 2. The predicted octanol–water partition coefficient (Wildman–Crippen LogP) is 5.65. The number of benzene rings is 2. The molecule has 0 aliphatic carbocycles. The lowest BCUT2D eigenvalue weighted by atomic mass is 9.92. The van der Waals surface area contributed by atoms with E-state index in [0.717, 1.165) is 11.1 Å². The van der Waals surface area contributed by atoms with Crippen molar-refractivity contribution in [2.75, 3.05) is 13.6 Å². The average Bonchev–Trinajstić information content (AvgIpc) is 3.30. The van der Waals surface area contributed by atoms with Crippen molar-refractivity contribution in [1.29, 1.82) is 0 Å². The molecule has 1 aliphatic rings. The Kier molecular flexibility index (Phi) is 5.82. The zero-order chi connectivity index (χ0) is 23.2. The van der Waals surface area contributed by atoms with Gasteiger partial charge in [0.15, 0.2) is 11.5 Å². The summed E-state index contributed by atoms with van der Waals surface area (Å²) in [4.78, 5) is 15.2. The highest BCUT2D eigenvalue weighted by Gasteiger charge is 2.32. The highest BCUT2D eigenvalue weighted by Crippen LogP contribution is 2.45. The van der Waals surface area contributed by atoms with Crippen molar-refractivity contribution in [2.24, 2.45) is 0 Å². The van der Waals surface area contributed by atoms with Crippen LogP contribution in [0.3, 0.4) is 0 Å². The molecule has 0 bridgehead atoms. The normalized spacial score (nSPS) is 18.2. The molecule has 2 heterocycles. The van der Waals surface area contributed by atoms with E-state index in [4.69, 9.17) is 4.52 Å². The first-order valence-electron chi connectivity index (χ1n) is 11.2. The van der Waals surface area contributed by atoms with Gasteiger partial charge in [-0.15, -0.1) is 0 Å². The lowest BCUT2D eigenvalue weighted by Crippen LogP contribution is -2.23. The minimum Gasteiger partial charge on any atom is -0.507 e. The number of hydrogen-bond donors (Lipinski definition) is 2. The standard InChI is InChI=1S/C26H31N3O3/c1-7-27-26(31)24-23(18-8-10-19-15(4)29(6)16(5)20(19)13-18)25(32-28-24)21-12-17(14(2)3)9-11-22(21)30/h8-16,30H,7H2,1-6H3,(H,27,31). The Bertz CT molecular complexity index is 1170. The van der Waals surface area contributed by atoms with Gasteiger partial charge in [-0.25, -0.2) is 0 Å². The number of nitrogens with one attached hydrogen (secondary N) is 1. The second kappa shape index (κ2) is 8.43. The maximum atomic E-state index is 12.8. The second-order valence-electron chi connectivity index (χ2n) is 8.89. The van der Waals surface area contributed by atoms with Crippen LogP contribution in [0.25, 0.3) is 22.5 Å². The molecule has 2 atom stereocenters. The van der Waals surface area contributed by atoms with Crippen LogP contribution in [-0.2, 0) is 0 Å². The minimum atomic E-state index is -0.295. The summed E-state index contributed by atoms with van der Waals surface area (Å²) in [6.07, 6.45) is 0. The molecule has 0 spiro atoms. The van der Waals surface area contributed by atoms with Gasteiger partial charge < -0.3 is 14.9 Å². The number of fused-ring (bicyclic) bond motifs is 1. The fourth-order valence-electron chi connectivity index (χ4n) is 4.48. The van der Waals surface area contributed by atoms with Crippen molar-refractivity contribution in [3.63, 3.8) is 0 Å². The smallest absolute Gasteiger partial charge is 0.274 e. The molecule has 0 saturated heterocycles. The van der Waals surface area contributed by atoms with Crippen molar-refractivity contribution in [1.82, 2.24) is 15.4 Å². The number of carbonyl (C=O) groups excluding carboxylic acids is 1. The molecule has 0 saturated carbocycles. The van der Waals surface area contributed by atoms with Crippen LogP contribution in [0.1, 0.15) is 79.8 Å². The van der Waals surface area contributed by atoms with Crippen molar-refractivity contribution < 1.29 is 14.4 Å². The van der Waals surface area contributed by atoms with E-state index in [1.807, 2.05) is 25.1 Å². The van der Waals surface area contributed by atoms with Crippen LogP contribution < -0.4 is 5.32 Å². The van der Waals surface area contributed by atoms with E-state index in [1.165, 1.54) is 11.1 Å². The molecular formula is C26H31N3O3. The lowest BCUT2D eigenvalue weighted by molar-refractivity contribution is 0.0947. The van der Waals surface area contributed by atoms with Crippen molar-refractivity contribution in [3.8, 4) is 28.2 Å². The van der Waals surface area contributed by atoms with E-state index in [0.29, 0.717) is 29.5 Å². The van der Waals surface area contributed by atoms with E-state index < -0.39 is 0 Å². The van der Waals surface area contributed by atoms with Crippen LogP contribution in [0.2, 0.25) is 0 Å². The maximum Gasteiger partial charge on any atom is 0.274 e. The molecule has 4 rings (SSSR count). The number of carbonyl (C=O) groups is 1. The number of rotatable bonds is 5. The van der Waals surface area contributed by atoms with E-state index in [-0.39, 0.29) is 29.3 Å². The average molecular weight is 434 g/mol. The summed E-state index contributed by atoms with van der Waals surface area (Å²) >= 11 is 0. The largest absolute Gasteiger partial charge is 0.507 e. The molecular weight excluding hydrogens is 402 g/mol. The van der Waals surface area contributed by atoms with Gasteiger partial charge >= 0.3 is 0 Å². The molecule has 2 N–H and O–H groups in total. The third-order valence-electron chi connectivity index (χ3n) is 6.67. The van der Waals surface area contributed by atoms with E-state index in [9.17, 15) is 9.90 Å². The number of amides is 1. The number of aromatic nitrogens is 1.